The monoisotopic (exact) mass is 646 g/mol. The molecule has 0 fully saturated rings. The number of carbonyl (C=O) groups is 5. The predicted octanol–water partition coefficient (Wildman–Crippen LogP) is 8.17. The Balaban J connectivity index is 2.59. The third-order valence-corrected chi connectivity index (χ3v) is 4.74. The Hall–Kier alpha value is -4.81. The minimum absolute atomic E-state index is 0.115. The van der Waals surface area contributed by atoms with Crippen LogP contribution in [0.25, 0.3) is 0 Å². The summed E-state index contributed by atoms with van der Waals surface area (Å²) in [5.41, 5.74) is -4.01. The molecule has 0 unspecified atom stereocenters. The van der Waals surface area contributed by atoms with Gasteiger partial charge in [0.25, 0.3) is 0 Å². The van der Waals surface area contributed by atoms with E-state index in [1.807, 2.05) is 0 Å². The summed E-state index contributed by atoms with van der Waals surface area (Å²) in [5.74, 6) is -1.73. The van der Waals surface area contributed by atoms with Crippen molar-refractivity contribution in [3.05, 3.63) is 47.5 Å². The average molecular weight is 647 g/mol. The average Bonchev–Trinajstić information content (AvgIpc) is 2.79. The zero-order valence-corrected chi connectivity index (χ0v) is 28.3. The first kappa shape index (κ1) is 37.4. The zero-order valence-electron chi connectivity index (χ0n) is 28.3. The fourth-order valence-electron chi connectivity index (χ4n) is 3.28. The Morgan fingerprint density at radius 1 is 0.413 bits per heavy atom. The van der Waals surface area contributed by atoms with Crippen molar-refractivity contribution >= 4 is 30.4 Å². The van der Waals surface area contributed by atoms with Crippen LogP contribution in [0.2, 0.25) is 0 Å². The summed E-state index contributed by atoms with van der Waals surface area (Å²) >= 11 is 0. The van der Waals surface area contributed by atoms with E-state index in [1.54, 1.807) is 83.1 Å². The van der Waals surface area contributed by atoms with Gasteiger partial charge >= 0.3 is 24.6 Å². The number of ketones is 1. The SMILES string of the molecule is CC(C)(C)OC(=O)Oc1ccc(C(=O)c2ccc(OC(=O)OC(C)(C)C)cc2OC(=O)OC(C)(C)C)c(OC(=O)OC(C)(C)C)c1. The summed E-state index contributed by atoms with van der Waals surface area (Å²) < 4.78 is 41.9. The van der Waals surface area contributed by atoms with Gasteiger partial charge in [0, 0.05) is 12.1 Å². The lowest BCUT2D eigenvalue weighted by Gasteiger charge is -2.21. The van der Waals surface area contributed by atoms with Crippen LogP contribution in [0.5, 0.6) is 23.0 Å². The molecule has 2 aromatic rings. The molecule has 0 saturated carbocycles. The highest BCUT2D eigenvalue weighted by molar-refractivity contribution is 6.13. The molecule has 0 aliphatic rings. The fourth-order valence-corrected chi connectivity index (χ4v) is 3.28. The minimum Gasteiger partial charge on any atom is -0.428 e. The lowest BCUT2D eigenvalue weighted by atomic mass is 10.0. The van der Waals surface area contributed by atoms with Crippen molar-refractivity contribution < 1.29 is 61.9 Å². The molecular weight excluding hydrogens is 604 g/mol. The lowest BCUT2D eigenvalue weighted by molar-refractivity contribution is 0.0178. The highest BCUT2D eigenvalue weighted by atomic mass is 16.8. The van der Waals surface area contributed by atoms with Crippen LogP contribution in [0.3, 0.4) is 0 Å². The molecule has 13 nitrogen and oxygen atoms in total. The van der Waals surface area contributed by atoms with Crippen LogP contribution in [0.1, 0.15) is 99.0 Å². The summed E-state index contributed by atoms with van der Waals surface area (Å²) in [5, 5.41) is 0. The Morgan fingerprint density at radius 2 is 0.674 bits per heavy atom. The van der Waals surface area contributed by atoms with E-state index in [2.05, 4.69) is 0 Å². The quantitative estimate of drug-likeness (QED) is 0.128. The largest absolute Gasteiger partial charge is 0.514 e. The molecule has 0 aromatic heterocycles. The molecule has 0 saturated heterocycles. The van der Waals surface area contributed by atoms with E-state index < -0.39 is 52.8 Å². The number of carbonyl (C=O) groups excluding carboxylic acids is 5. The van der Waals surface area contributed by atoms with Crippen LogP contribution in [-0.2, 0) is 18.9 Å². The summed E-state index contributed by atoms with van der Waals surface area (Å²) in [4.78, 5) is 63.7. The normalized spacial score (nSPS) is 11.9. The molecule has 0 radical (unpaired) electrons. The van der Waals surface area contributed by atoms with Crippen LogP contribution in [0.4, 0.5) is 19.2 Å². The van der Waals surface area contributed by atoms with Gasteiger partial charge in [-0.2, -0.15) is 0 Å². The van der Waals surface area contributed by atoms with E-state index in [0.29, 0.717) is 0 Å². The molecule has 0 N–H and O–H groups in total. The van der Waals surface area contributed by atoms with E-state index in [4.69, 9.17) is 37.9 Å². The Labute approximate surface area is 268 Å². The molecule has 0 heterocycles. The highest BCUT2D eigenvalue weighted by Gasteiger charge is 2.28. The number of benzene rings is 2. The molecule has 0 atom stereocenters. The second kappa shape index (κ2) is 14.1. The van der Waals surface area contributed by atoms with Crippen molar-refractivity contribution in [3.63, 3.8) is 0 Å². The maximum absolute atomic E-state index is 13.9. The van der Waals surface area contributed by atoms with Gasteiger partial charge in [0.05, 0.1) is 11.1 Å². The lowest BCUT2D eigenvalue weighted by Crippen LogP contribution is -2.27. The third kappa shape index (κ3) is 13.4. The van der Waals surface area contributed by atoms with Gasteiger partial charge in [-0.15, -0.1) is 0 Å². The smallest absolute Gasteiger partial charge is 0.428 e. The predicted molar refractivity (Wildman–Crippen MR) is 164 cm³/mol. The molecule has 0 aliphatic carbocycles. The minimum atomic E-state index is -1.15. The van der Waals surface area contributed by atoms with Crippen LogP contribution in [0.15, 0.2) is 36.4 Å². The molecule has 13 heteroatoms. The number of hydrogen-bond donors (Lipinski definition) is 0. The van der Waals surface area contributed by atoms with E-state index in [-0.39, 0.29) is 34.1 Å². The van der Waals surface area contributed by atoms with Gasteiger partial charge in [0.2, 0.25) is 5.78 Å². The second-order valence-electron chi connectivity index (χ2n) is 13.9. The second-order valence-corrected chi connectivity index (χ2v) is 13.9. The first-order valence-corrected chi connectivity index (χ1v) is 14.3. The standard InChI is InChI=1S/C33H42O13/c1-30(2,3)43-26(35)39-19-13-15-21(23(17-19)41-28(37)45-32(7,8)9)25(34)22-16-14-20(40-27(36)44-31(4,5)6)18-24(22)42-29(38)46-33(10,11)12/h13-18H,1-12H3. The van der Waals surface area contributed by atoms with Crippen molar-refractivity contribution in [1.29, 1.82) is 0 Å². The summed E-state index contributed by atoms with van der Waals surface area (Å²) in [6.07, 6.45) is -4.38. The maximum Gasteiger partial charge on any atom is 0.514 e. The van der Waals surface area contributed by atoms with Gasteiger partial charge in [-0.25, -0.2) is 19.2 Å². The Bertz CT molecular complexity index is 1350. The zero-order chi connectivity index (χ0) is 35.3. The molecule has 0 amide bonds. The van der Waals surface area contributed by atoms with E-state index in [0.717, 1.165) is 12.1 Å². The number of rotatable bonds is 6. The van der Waals surface area contributed by atoms with E-state index >= 15 is 0 Å². The van der Waals surface area contributed by atoms with Crippen molar-refractivity contribution in [2.75, 3.05) is 0 Å². The molecule has 2 aromatic carbocycles. The van der Waals surface area contributed by atoms with Gasteiger partial charge in [-0.3, -0.25) is 4.79 Å². The number of hydrogen-bond acceptors (Lipinski definition) is 13. The Morgan fingerprint density at radius 3 is 0.935 bits per heavy atom. The van der Waals surface area contributed by atoms with Gasteiger partial charge < -0.3 is 37.9 Å². The molecular formula is C33H42O13. The highest BCUT2D eigenvalue weighted by Crippen LogP contribution is 2.33. The molecule has 46 heavy (non-hydrogen) atoms. The van der Waals surface area contributed by atoms with Crippen molar-refractivity contribution in [1.82, 2.24) is 0 Å². The van der Waals surface area contributed by atoms with E-state index in [9.17, 15) is 24.0 Å². The van der Waals surface area contributed by atoms with Crippen LogP contribution < -0.4 is 18.9 Å². The number of ether oxygens (including phenoxy) is 8. The molecule has 0 aliphatic heterocycles. The van der Waals surface area contributed by atoms with Gasteiger partial charge in [-0.1, -0.05) is 0 Å². The van der Waals surface area contributed by atoms with Crippen molar-refractivity contribution in [2.45, 2.75) is 105 Å². The molecule has 2 rings (SSSR count). The Kier molecular flexibility index (Phi) is 11.4. The molecule has 0 spiro atoms. The first-order chi connectivity index (χ1) is 20.8. The summed E-state index contributed by atoms with van der Waals surface area (Å²) in [7, 11) is 0. The van der Waals surface area contributed by atoms with Gasteiger partial charge in [-0.05, 0) is 107 Å². The van der Waals surface area contributed by atoms with Gasteiger partial charge in [0.15, 0.2) is 0 Å². The molecule has 0 bridgehead atoms. The van der Waals surface area contributed by atoms with Crippen LogP contribution >= 0.6 is 0 Å². The van der Waals surface area contributed by atoms with Crippen LogP contribution in [-0.4, -0.2) is 52.8 Å². The van der Waals surface area contributed by atoms with Gasteiger partial charge in [0.1, 0.15) is 45.4 Å². The summed E-state index contributed by atoms with van der Waals surface area (Å²) in [6.45, 7) is 19.6. The molecule has 252 valence electrons. The topological polar surface area (TPSA) is 159 Å². The first-order valence-electron chi connectivity index (χ1n) is 14.3. The van der Waals surface area contributed by atoms with Crippen LogP contribution in [0, 0.1) is 0 Å². The summed E-state index contributed by atoms with van der Waals surface area (Å²) in [6, 6.07) is 7.24. The van der Waals surface area contributed by atoms with E-state index in [1.165, 1.54) is 24.3 Å². The van der Waals surface area contributed by atoms with Crippen molar-refractivity contribution in [2.24, 2.45) is 0 Å². The fraction of sp³-hybridized carbons (Fsp3) is 0.485. The third-order valence-electron chi connectivity index (χ3n) is 4.74. The van der Waals surface area contributed by atoms with Crippen molar-refractivity contribution in [3.8, 4) is 23.0 Å². The maximum atomic E-state index is 13.9.